The van der Waals surface area contributed by atoms with Gasteiger partial charge in [0.15, 0.2) is 5.78 Å². The van der Waals surface area contributed by atoms with E-state index in [2.05, 4.69) is 31.2 Å². The number of carbonyl (C=O) groups excluding carboxylic acids is 1. The zero-order valence-corrected chi connectivity index (χ0v) is 12.2. The summed E-state index contributed by atoms with van der Waals surface area (Å²) in [6, 6.07) is 7.78. The Morgan fingerprint density at radius 2 is 2.10 bits per heavy atom. The van der Waals surface area contributed by atoms with Crippen LogP contribution >= 0.6 is 15.9 Å². The molecular formula is C13H10BrN3O4. The van der Waals surface area contributed by atoms with Crippen LogP contribution in [0.1, 0.15) is 10.5 Å². The van der Waals surface area contributed by atoms with Crippen molar-refractivity contribution in [3.8, 4) is 11.6 Å². The fourth-order valence-electron chi connectivity index (χ4n) is 1.50. The summed E-state index contributed by atoms with van der Waals surface area (Å²) in [7, 11) is 0. The molecule has 0 radical (unpaired) electrons. The third-order valence-electron chi connectivity index (χ3n) is 2.36. The van der Waals surface area contributed by atoms with E-state index in [0.717, 1.165) is 0 Å². The van der Waals surface area contributed by atoms with Crippen molar-refractivity contribution in [2.75, 3.05) is 10.6 Å². The molecule has 0 saturated carbocycles. The lowest BCUT2D eigenvalue weighted by atomic mass is 10.3. The number of amides is 1. The molecule has 0 aliphatic carbocycles. The number of halogens is 1. The summed E-state index contributed by atoms with van der Waals surface area (Å²) in [5, 5.41) is 11.0. The second-order valence-electron chi connectivity index (χ2n) is 3.86. The van der Waals surface area contributed by atoms with E-state index in [4.69, 9.17) is 9.84 Å². The average molecular weight is 352 g/mol. The Morgan fingerprint density at radius 3 is 2.81 bits per heavy atom. The highest BCUT2D eigenvalue weighted by Gasteiger charge is 2.09. The molecule has 1 aromatic carbocycles. The van der Waals surface area contributed by atoms with E-state index in [-0.39, 0.29) is 22.7 Å². The predicted octanol–water partition coefficient (Wildman–Crippen LogP) is 2.94. The molecule has 108 valence electrons. The van der Waals surface area contributed by atoms with E-state index >= 15 is 0 Å². The molecule has 1 amide bonds. The Morgan fingerprint density at radius 1 is 1.29 bits per heavy atom. The maximum Gasteiger partial charge on any atom is 0.409 e. The van der Waals surface area contributed by atoms with E-state index in [1.807, 2.05) is 0 Å². The smallest absolute Gasteiger partial charge is 0.409 e. The minimum Gasteiger partial charge on any atom is -0.465 e. The minimum absolute atomic E-state index is 0.154. The van der Waals surface area contributed by atoms with Crippen LogP contribution in [-0.2, 0) is 0 Å². The van der Waals surface area contributed by atoms with E-state index in [9.17, 15) is 9.59 Å². The monoisotopic (exact) mass is 351 g/mol. The Bertz CT molecular complexity index is 678. The highest BCUT2D eigenvalue weighted by molar-refractivity contribution is 9.09. The van der Waals surface area contributed by atoms with Gasteiger partial charge in [0.25, 0.3) is 0 Å². The molecule has 21 heavy (non-hydrogen) atoms. The highest BCUT2D eigenvalue weighted by atomic mass is 79.9. The van der Waals surface area contributed by atoms with Crippen LogP contribution in [0.25, 0.3) is 0 Å². The minimum atomic E-state index is -1.17. The number of hydrogen-bond acceptors (Lipinski definition) is 5. The molecule has 1 aromatic heterocycles. The van der Waals surface area contributed by atoms with Crippen molar-refractivity contribution in [2.45, 2.75) is 0 Å². The molecular weight excluding hydrogens is 342 g/mol. The fourth-order valence-corrected chi connectivity index (χ4v) is 1.79. The number of aromatic nitrogens is 2. The fraction of sp³-hybridized carbons (Fsp3) is 0.0769. The Kier molecular flexibility index (Phi) is 4.83. The van der Waals surface area contributed by atoms with Crippen LogP contribution in [0, 0.1) is 0 Å². The van der Waals surface area contributed by atoms with Crippen LogP contribution in [0.4, 0.5) is 10.5 Å². The van der Waals surface area contributed by atoms with E-state index < -0.39 is 6.09 Å². The number of alkyl halides is 1. The van der Waals surface area contributed by atoms with Crippen molar-refractivity contribution in [3.05, 3.63) is 42.4 Å². The first-order valence-electron chi connectivity index (χ1n) is 5.77. The average Bonchev–Trinajstić information content (AvgIpc) is 2.46. The number of benzene rings is 1. The molecule has 0 atom stereocenters. The molecule has 0 saturated heterocycles. The van der Waals surface area contributed by atoms with E-state index in [1.165, 1.54) is 18.5 Å². The molecule has 0 spiro atoms. The third-order valence-corrected chi connectivity index (χ3v) is 2.87. The second kappa shape index (κ2) is 6.80. The first-order chi connectivity index (χ1) is 10.1. The van der Waals surface area contributed by atoms with E-state index in [0.29, 0.717) is 11.4 Å². The molecule has 1 heterocycles. The second-order valence-corrected chi connectivity index (χ2v) is 4.42. The van der Waals surface area contributed by atoms with Gasteiger partial charge < -0.3 is 9.84 Å². The number of Topliss-reactive ketones (excluding diaryl/α,β-unsaturated/α-hetero) is 1. The first-order valence-corrected chi connectivity index (χ1v) is 6.89. The zero-order valence-electron chi connectivity index (χ0n) is 10.6. The molecule has 2 N–H and O–H groups in total. The van der Waals surface area contributed by atoms with E-state index in [1.54, 1.807) is 18.2 Å². The number of hydrogen-bond donors (Lipinski definition) is 2. The van der Waals surface area contributed by atoms with Gasteiger partial charge in [-0.05, 0) is 12.1 Å². The molecule has 0 bridgehead atoms. The van der Waals surface area contributed by atoms with Crippen molar-refractivity contribution in [1.29, 1.82) is 0 Å². The Balaban J connectivity index is 2.18. The molecule has 7 nitrogen and oxygen atoms in total. The van der Waals surface area contributed by atoms with Crippen molar-refractivity contribution in [3.63, 3.8) is 0 Å². The number of ketones is 1. The number of nitrogens with zero attached hydrogens (tertiary/aromatic N) is 2. The maximum atomic E-state index is 11.5. The number of nitrogens with one attached hydrogen (secondary N) is 1. The van der Waals surface area contributed by atoms with Crippen molar-refractivity contribution in [1.82, 2.24) is 9.97 Å². The van der Waals surface area contributed by atoms with Crippen LogP contribution in [-0.4, -0.2) is 32.3 Å². The quantitative estimate of drug-likeness (QED) is 0.634. The normalized spacial score (nSPS) is 9.95. The maximum absolute atomic E-state index is 11.5. The van der Waals surface area contributed by atoms with Crippen LogP contribution in [0.3, 0.4) is 0 Å². The summed E-state index contributed by atoms with van der Waals surface area (Å²) >= 11 is 3.06. The van der Waals surface area contributed by atoms with Gasteiger partial charge in [0, 0.05) is 17.8 Å². The summed E-state index contributed by atoms with van der Waals surface area (Å²) in [6.07, 6.45) is 0.0595. The van der Waals surface area contributed by atoms with Gasteiger partial charge in [0.2, 0.25) is 5.88 Å². The molecule has 2 rings (SSSR count). The van der Waals surface area contributed by atoms with Crippen molar-refractivity contribution >= 4 is 33.5 Å². The SMILES string of the molecule is O=C(O)Nc1cccc(Oc2cc(C(=O)CBr)ncn2)c1. The van der Waals surface area contributed by atoms with Crippen molar-refractivity contribution in [2.24, 2.45) is 0 Å². The predicted molar refractivity (Wildman–Crippen MR) is 78.3 cm³/mol. The summed E-state index contributed by atoms with van der Waals surface area (Å²) in [6.45, 7) is 0. The largest absolute Gasteiger partial charge is 0.465 e. The van der Waals surface area contributed by atoms with Gasteiger partial charge in [-0.25, -0.2) is 14.8 Å². The summed E-state index contributed by atoms with van der Waals surface area (Å²) in [4.78, 5) is 29.9. The van der Waals surface area contributed by atoms with Gasteiger partial charge in [-0.1, -0.05) is 22.0 Å². The zero-order chi connectivity index (χ0) is 15.2. The van der Waals surface area contributed by atoms with Crippen LogP contribution in [0.2, 0.25) is 0 Å². The number of anilines is 1. The summed E-state index contributed by atoms with van der Waals surface area (Å²) in [5.41, 5.74) is 0.600. The third kappa shape index (κ3) is 4.25. The summed E-state index contributed by atoms with van der Waals surface area (Å²) < 4.78 is 5.48. The van der Waals surface area contributed by atoms with Crippen LogP contribution in [0.5, 0.6) is 11.6 Å². The number of rotatable bonds is 5. The number of ether oxygens (including phenoxy) is 1. The summed E-state index contributed by atoms with van der Waals surface area (Å²) in [5.74, 6) is 0.391. The Labute approximate surface area is 128 Å². The van der Waals surface area contributed by atoms with Gasteiger partial charge in [-0.2, -0.15) is 0 Å². The van der Waals surface area contributed by atoms with Gasteiger partial charge >= 0.3 is 6.09 Å². The topological polar surface area (TPSA) is 101 Å². The number of carboxylic acid groups (broad SMARTS) is 1. The molecule has 0 fully saturated rings. The lowest BCUT2D eigenvalue weighted by Gasteiger charge is -2.07. The van der Waals surface area contributed by atoms with Crippen molar-refractivity contribution < 1.29 is 19.4 Å². The van der Waals surface area contributed by atoms with Gasteiger partial charge in [0.05, 0.1) is 5.33 Å². The molecule has 0 aliphatic rings. The first kappa shape index (κ1) is 14.9. The lowest BCUT2D eigenvalue weighted by molar-refractivity contribution is 0.101. The van der Waals surface area contributed by atoms with Gasteiger partial charge in [-0.15, -0.1) is 0 Å². The molecule has 0 unspecified atom stereocenters. The number of carbonyl (C=O) groups is 2. The van der Waals surface area contributed by atoms with Crippen LogP contribution < -0.4 is 10.1 Å². The van der Waals surface area contributed by atoms with Gasteiger partial charge in [-0.3, -0.25) is 10.1 Å². The molecule has 8 heteroatoms. The highest BCUT2D eigenvalue weighted by Crippen LogP contribution is 2.23. The lowest BCUT2D eigenvalue weighted by Crippen LogP contribution is -2.07. The molecule has 2 aromatic rings. The van der Waals surface area contributed by atoms with Crippen LogP contribution in [0.15, 0.2) is 36.7 Å². The Hall–Kier alpha value is -2.48. The molecule has 0 aliphatic heterocycles. The standard InChI is InChI=1S/C13H10BrN3O4/c14-6-11(18)10-5-12(16-7-15-10)21-9-3-1-2-8(4-9)17-13(19)20/h1-5,7,17H,6H2,(H,19,20). The van der Waals surface area contributed by atoms with Gasteiger partial charge in [0.1, 0.15) is 17.8 Å².